The van der Waals surface area contributed by atoms with Crippen LogP contribution in [0.1, 0.15) is 25.7 Å². The van der Waals surface area contributed by atoms with Crippen molar-refractivity contribution in [3.63, 3.8) is 0 Å². The molecule has 0 aliphatic heterocycles. The molecule has 3 aromatic rings. The van der Waals surface area contributed by atoms with Gasteiger partial charge in [-0.15, -0.1) is 0 Å². The van der Waals surface area contributed by atoms with Crippen molar-refractivity contribution in [1.29, 1.82) is 0 Å². The van der Waals surface area contributed by atoms with Crippen LogP contribution in [0, 0.1) is 11.7 Å². The Bertz CT molecular complexity index is 1090. The summed E-state index contributed by atoms with van der Waals surface area (Å²) >= 11 is 6.07. The van der Waals surface area contributed by atoms with Gasteiger partial charge in [-0.2, -0.15) is 0 Å². The summed E-state index contributed by atoms with van der Waals surface area (Å²) in [7, 11) is 3.44. The number of anilines is 1. The molecule has 10 heteroatoms. The van der Waals surface area contributed by atoms with E-state index in [-0.39, 0.29) is 23.8 Å². The van der Waals surface area contributed by atoms with Crippen molar-refractivity contribution in [3.05, 3.63) is 35.5 Å². The Morgan fingerprint density at radius 1 is 1.29 bits per heavy atom. The van der Waals surface area contributed by atoms with E-state index in [4.69, 9.17) is 11.6 Å². The minimum Gasteiger partial charge on any atom is -0.367 e. The molecule has 4 rings (SSSR count). The van der Waals surface area contributed by atoms with E-state index in [1.165, 1.54) is 4.90 Å². The van der Waals surface area contributed by atoms with Crippen LogP contribution < -0.4 is 10.6 Å². The molecule has 31 heavy (non-hydrogen) atoms. The maximum absolute atomic E-state index is 14.5. The molecule has 3 N–H and O–H groups in total. The number of rotatable bonds is 5. The van der Waals surface area contributed by atoms with Crippen molar-refractivity contribution in [2.24, 2.45) is 5.92 Å². The minimum absolute atomic E-state index is 0.0438. The first kappa shape index (κ1) is 21.3. The number of aromatic nitrogens is 4. The van der Waals surface area contributed by atoms with Gasteiger partial charge in [0.25, 0.3) is 0 Å². The molecule has 3 aromatic heterocycles. The van der Waals surface area contributed by atoms with Crippen molar-refractivity contribution in [3.8, 4) is 11.4 Å². The van der Waals surface area contributed by atoms with Crippen LogP contribution in [0.3, 0.4) is 0 Å². The topological polar surface area (TPSA) is 98.8 Å². The van der Waals surface area contributed by atoms with E-state index in [2.05, 4.69) is 30.6 Å². The van der Waals surface area contributed by atoms with E-state index in [9.17, 15) is 9.18 Å². The lowest BCUT2D eigenvalue weighted by Gasteiger charge is -2.33. The fourth-order valence-corrected chi connectivity index (χ4v) is 4.10. The number of halogens is 2. The Morgan fingerprint density at radius 2 is 2.10 bits per heavy atom. The Kier molecular flexibility index (Phi) is 6.22. The third-order valence-corrected chi connectivity index (χ3v) is 5.85. The average Bonchev–Trinajstić information content (AvgIpc) is 3.17. The first-order chi connectivity index (χ1) is 14.9. The minimum atomic E-state index is -0.524. The van der Waals surface area contributed by atoms with Crippen molar-refractivity contribution >= 4 is 34.5 Å². The maximum atomic E-state index is 14.5. The summed E-state index contributed by atoms with van der Waals surface area (Å²) in [6, 6.07) is 1.71. The number of aromatic amines is 1. The normalized spacial score (nSPS) is 18.7. The van der Waals surface area contributed by atoms with E-state index >= 15 is 0 Å². The van der Waals surface area contributed by atoms with Gasteiger partial charge in [-0.05, 0) is 24.8 Å². The third kappa shape index (κ3) is 4.71. The zero-order valence-electron chi connectivity index (χ0n) is 17.5. The molecular formula is C21H25ClFN7O. The molecule has 1 saturated carbocycles. The monoisotopic (exact) mass is 445 g/mol. The number of H-pyrrole nitrogens is 1. The largest absolute Gasteiger partial charge is 0.367 e. The van der Waals surface area contributed by atoms with Crippen molar-refractivity contribution < 1.29 is 9.18 Å². The van der Waals surface area contributed by atoms with Crippen LogP contribution in [0.2, 0.25) is 5.02 Å². The molecule has 0 bridgehead atoms. The van der Waals surface area contributed by atoms with Gasteiger partial charge in [0.15, 0.2) is 17.5 Å². The Morgan fingerprint density at radius 3 is 2.90 bits per heavy atom. The molecule has 164 valence electrons. The highest BCUT2D eigenvalue weighted by atomic mass is 35.5. The second-order valence-corrected chi connectivity index (χ2v) is 8.45. The summed E-state index contributed by atoms with van der Waals surface area (Å²) in [5.74, 6) is 0.175. The molecule has 0 unspecified atom stereocenters. The molecule has 1 fully saturated rings. The van der Waals surface area contributed by atoms with Crippen molar-refractivity contribution in [2.45, 2.75) is 31.7 Å². The van der Waals surface area contributed by atoms with Crippen LogP contribution in [0.25, 0.3) is 22.4 Å². The number of hydrogen-bond donors (Lipinski definition) is 3. The standard InChI is InChI=1S/C21H25ClFN7O/c1-30(2)21(31)28-17-6-4-3-5-12(17)8-24-20-16(23)11-27-19(29-20)15-10-26-18-14(15)7-13(22)9-25-18/h7,9-12,17H,3-6,8H2,1-2H3,(H,25,26)(H,28,31)(H,24,27,29)/t12-,17+/m1/s1. The maximum Gasteiger partial charge on any atom is 0.317 e. The molecule has 0 saturated heterocycles. The summed E-state index contributed by atoms with van der Waals surface area (Å²) in [6.07, 6.45) is 8.47. The van der Waals surface area contributed by atoms with Gasteiger partial charge in [0.05, 0.1) is 11.2 Å². The van der Waals surface area contributed by atoms with Crippen molar-refractivity contribution in [2.75, 3.05) is 26.0 Å². The Balaban J connectivity index is 1.52. The van der Waals surface area contributed by atoms with Gasteiger partial charge in [-0.3, -0.25) is 0 Å². The number of hydrogen-bond acceptors (Lipinski definition) is 5. The first-order valence-electron chi connectivity index (χ1n) is 10.3. The van der Waals surface area contributed by atoms with Crippen LogP contribution in [0.15, 0.2) is 24.7 Å². The van der Waals surface area contributed by atoms with Gasteiger partial charge in [0.1, 0.15) is 5.65 Å². The molecular weight excluding hydrogens is 421 g/mol. The fraction of sp³-hybridized carbons (Fsp3) is 0.429. The van der Waals surface area contributed by atoms with Gasteiger partial charge in [0, 0.05) is 50.0 Å². The van der Waals surface area contributed by atoms with Crippen LogP contribution in [-0.4, -0.2) is 57.5 Å². The van der Waals surface area contributed by atoms with E-state index in [1.54, 1.807) is 32.6 Å². The fourth-order valence-electron chi connectivity index (χ4n) is 3.94. The second kappa shape index (κ2) is 9.05. The predicted molar refractivity (Wildman–Crippen MR) is 119 cm³/mol. The van der Waals surface area contributed by atoms with Crippen LogP contribution in [0.5, 0.6) is 0 Å². The van der Waals surface area contributed by atoms with Gasteiger partial charge in [-0.1, -0.05) is 24.4 Å². The average molecular weight is 446 g/mol. The number of urea groups is 1. The van der Waals surface area contributed by atoms with Crippen molar-refractivity contribution in [1.82, 2.24) is 30.2 Å². The summed E-state index contributed by atoms with van der Waals surface area (Å²) in [6.45, 7) is 0.507. The molecule has 2 amide bonds. The SMILES string of the molecule is CN(C)C(=O)N[C@H]1CCCC[C@@H]1CNc1nc(-c2c[nH]c3ncc(Cl)cc23)ncc1F. The highest BCUT2D eigenvalue weighted by Gasteiger charge is 2.27. The third-order valence-electron chi connectivity index (χ3n) is 5.64. The molecule has 8 nitrogen and oxygen atoms in total. The molecule has 0 radical (unpaired) electrons. The first-order valence-corrected chi connectivity index (χ1v) is 10.7. The lowest BCUT2D eigenvalue weighted by molar-refractivity contribution is 0.198. The summed E-state index contributed by atoms with van der Waals surface area (Å²) in [5, 5.41) is 7.47. The number of carbonyl (C=O) groups is 1. The van der Waals surface area contributed by atoms with Gasteiger partial charge in [0.2, 0.25) is 0 Å². The predicted octanol–water partition coefficient (Wildman–Crippen LogP) is 4.05. The number of carbonyl (C=O) groups excluding carboxylic acids is 1. The molecule has 0 aromatic carbocycles. The Labute approximate surface area is 184 Å². The second-order valence-electron chi connectivity index (χ2n) is 8.02. The summed E-state index contributed by atoms with van der Waals surface area (Å²) in [4.78, 5) is 29.5. The van der Waals surface area contributed by atoms with E-state index < -0.39 is 5.82 Å². The zero-order valence-corrected chi connectivity index (χ0v) is 18.2. The number of pyridine rings is 1. The van der Waals surface area contributed by atoms with Gasteiger partial charge < -0.3 is 20.5 Å². The number of nitrogens with zero attached hydrogens (tertiary/aromatic N) is 4. The summed E-state index contributed by atoms with van der Waals surface area (Å²) < 4.78 is 14.5. The van der Waals surface area contributed by atoms with E-state index in [0.29, 0.717) is 28.6 Å². The lowest BCUT2D eigenvalue weighted by Crippen LogP contribution is -2.48. The number of amides is 2. The molecule has 1 aliphatic rings. The zero-order chi connectivity index (χ0) is 22.0. The lowest BCUT2D eigenvalue weighted by atomic mass is 9.84. The quantitative estimate of drug-likeness (QED) is 0.550. The van der Waals surface area contributed by atoms with Crippen LogP contribution in [-0.2, 0) is 0 Å². The van der Waals surface area contributed by atoms with E-state index in [0.717, 1.165) is 37.3 Å². The van der Waals surface area contributed by atoms with Gasteiger partial charge >= 0.3 is 6.03 Å². The number of fused-ring (bicyclic) bond motifs is 1. The molecule has 2 atom stereocenters. The highest BCUT2D eigenvalue weighted by Crippen LogP contribution is 2.29. The van der Waals surface area contributed by atoms with E-state index in [1.807, 2.05) is 0 Å². The van der Waals surface area contributed by atoms with Crippen LogP contribution >= 0.6 is 11.6 Å². The molecule has 1 aliphatic carbocycles. The van der Waals surface area contributed by atoms with Crippen LogP contribution in [0.4, 0.5) is 15.0 Å². The Hall–Kier alpha value is -2.94. The highest BCUT2D eigenvalue weighted by molar-refractivity contribution is 6.31. The van der Waals surface area contributed by atoms with Gasteiger partial charge in [-0.25, -0.2) is 24.1 Å². The smallest absolute Gasteiger partial charge is 0.317 e. The molecule has 3 heterocycles. The summed E-state index contributed by atoms with van der Waals surface area (Å²) in [5.41, 5.74) is 1.35. The number of nitrogens with one attached hydrogen (secondary N) is 3. The molecule has 0 spiro atoms.